The summed E-state index contributed by atoms with van der Waals surface area (Å²) in [6.45, 7) is 5.12. The molecule has 0 fully saturated rings. The maximum atomic E-state index is 12.6. The van der Waals surface area contributed by atoms with E-state index < -0.39 is 6.04 Å². The average Bonchev–Trinajstić information content (AvgIpc) is 2.56. The lowest BCUT2D eigenvalue weighted by atomic mass is 10.0. The molecule has 1 aromatic rings. The van der Waals surface area contributed by atoms with Crippen LogP contribution in [-0.2, 0) is 4.79 Å². The van der Waals surface area contributed by atoms with Gasteiger partial charge in [-0.05, 0) is 25.1 Å². The number of halogens is 1. The van der Waals surface area contributed by atoms with Crippen LogP contribution in [0.4, 0.5) is 0 Å². The molecule has 0 saturated heterocycles. The van der Waals surface area contributed by atoms with Crippen molar-refractivity contribution in [3.05, 3.63) is 29.8 Å². The third kappa shape index (κ3) is 6.02. The molecule has 0 heterocycles. The van der Waals surface area contributed by atoms with Crippen molar-refractivity contribution in [1.29, 1.82) is 0 Å². The first-order valence-corrected chi connectivity index (χ1v) is 7.75. The second-order valence-corrected chi connectivity index (χ2v) is 5.76. The summed E-state index contributed by atoms with van der Waals surface area (Å²) in [6, 6.07) is 6.39. The number of nitrogens with one attached hydrogen (secondary N) is 2. The minimum absolute atomic E-state index is 0. The highest BCUT2D eigenvalue weighted by Crippen LogP contribution is 2.18. The number of benzene rings is 1. The highest BCUT2D eigenvalue weighted by atomic mass is 35.5. The molecule has 24 heavy (non-hydrogen) atoms. The minimum Gasteiger partial charge on any atom is -0.496 e. The van der Waals surface area contributed by atoms with Crippen LogP contribution in [0.5, 0.6) is 5.75 Å². The monoisotopic (exact) mass is 357 g/mol. The molecule has 6 nitrogen and oxygen atoms in total. The first kappa shape index (κ1) is 22.2. The van der Waals surface area contributed by atoms with E-state index in [1.54, 1.807) is 36.2 Å². The normalized spacial score (nSPS) is 11.4. The number of rotatable bonds is 8. The molecule has 1 unspecified atom stereocenters. The van der Waals surface area contributed by atoms with Gasteiger partial charge < -0.3 is 20.3 Å². The Kier molecular flexibility index (Phi) is 10.1. The molecule has 0 radical (unpaired) electrons. The third-order valence-electron chi connectivity index (χ3n) is 3.64. The van der Waals surface area contributed by atoms with Gasteiger partial charge in [0.2, 0.25) is 5.91 Å². The van der Waals surface area contributed by atoms with E-state index in [9.17, 15) is 9.59 Å². The summed E-state index contributed by atoms with van der Waals surface area (Å²) in [4.78, 5) is 26.7. The van der Waals surface area contributed by atoms with Gasteiger partial charge in [-0.2, -0.15) is 0 Å². The molecule has 1 aromatic carbocycles. The van der Waals surface area contributed by atoms with Gasteiger partial charge in [-0.1, -0.05) is 26.0 Å². The van der Waals surface area contributed by atoms with Crippen LogP contribution in [0, 0.1) is 5.92 Å². The Morgan fingerprint density at radius 2 is 1.88 bits per heavy atom. The molecule has 0 aromatic heterocycles. The van der Waals surface area contributed by atoms with E-state index in [2.05, 4.69) is 10.6 Å². The van der Waals surface area contributed by atoms with Crippen LogP contribution in [0.2, 0.25) is 0 Å². The topological polar surface area (TPSA) is 70.7 Å². The molecular formula is C17H28ClN3O3. The third-order valence-corrected chi connectivity index (χ3v) is 3.64. The largest absolute Gasteiger partial charge is 0.496 e. The Bertz CT molecular complexity index is 538. The van der Waals surface area contributed by atoms with E-state index >= 15 is 0 Å². The van der Waals surface area contributed by atoms with Crippen molar-refractivity contribution in [2.75, 3.05) is 34.3 Å². The van der Waals surface area contributed by atoms with Gasteiger partial charge in [0, 0.05) is 20.1 Å². The zero-order valence-electron chi connectivity index (χ0n) is 15.0. The quantitative estimate of drug-likeness (QED) is 0.740. The van der Waals surface area contributed by atoms with Crippen molar-refractivity contribution >= 4 is 24.2 Å². The molecule has 2 N–H and O–H groups in total. The maximum absolute atomic E-state index is 12.6. The molecule has 136 valence electrons. The number of nitrogens with zero attached hydrogens (tertiary/aromatic N) is 1. The van der Waals surface area contributed by atoms with Crippen molar-refractivity contribution in [1.82, 2.24) is 15.5 Å². The number of carbonyl (C=O) groups is 2. The second kappa shape index (κ2) is 10.9. The van der Waals surface area contributed by atoms with Gasteiger partial charge in [-0.15, -0.1) is 12.4 Å². The van der Waals surface area contributed by atoms with E-state index in [0.29, 0.717) is 24.4 Å². The van der Waals surface area contributed by atoms with Crippen LogP contribution in [0.1, 0.15) is 24.2 Å². The predicted molar refractivity (Wildman–Crippen MR) is 97.9 cm³/mol. The SMILES string of the molecule is CNCCN(C)C(=O)C(NC(=O)c1ccccc1OC)C(C)C.Cl. The van der Waals surface area contributed by atoms with E-state index in [-0.39, 0.29) is 30.1 Å². The van der Waals surface area contributed by atoms with Gasteiger partial charge >= 0.3 is 0 Å². The summed E-state index contributed by atoms with van der Waals surface area (Å²) in [5.74, 6) is 0.0664. The molecule has 1 rings (SSSR count). The number of hydrogen-bond acceptors (Lipinski definition) is 4. The summed E-state index contributed by atoms with van der Waals surface area (Å²) < 4.78 is 5.21. The van der Waals surface area contributed by atoms with Gasteiger partial charge in [0.1, 0.15) is 11.8 Å². The fourth-order valence-electron chi connectivity index (χ4n) is 2.19. The summed E-state index contributed by atoms with van der Waals surface area (Å²) >= 11 is 0. The van der Waals surface area contributed by atoms with Crippen LogP contribution in [0.25, 0.3) is 0 Å². The summed E-state index contributed by atoms with van der Waals surface area (Å²) in [5, 5.41) is 5.84. The Balaban J connectivity index is 0.00000529. The van der Waals surface area contributed by atoms with Gasteiger partial charge in [-0.25, -0.2) is 0 Å². The first-order valence-electron chi connectivity index (χ1n) is 7.75. The lowest BCUT2D eigenvalue weighted by Gasteiger charge is -2.27. The molecule has 0 aliphatic carbocycles. The minimum atomic E-state index is -0.575. The van der Waals surface area contributed by atoms with Gasteiger partial charge in [0.15, 0.2) is 0 Å². The maximum Gasteiger partial charge on any atom is 0.255 e. The van der Waals surface area contributed by atoms with Crippen LogP contribution >= 0.6 is 12.4 Å². The molecule has 2 amide bonds. The summed E-state index contributed by atoms with van der Waals surface area (Å²) in [6.07, 6.45) is 0. The Hall–Kier alpha value is -1.79. The van der Waals surface area contributed by atoms with Gasteiger partial charge in [0.25, 0.3) is 5.91 Å². The number of likely N-dealkylation sites (N-methyl/N-ethyl adjacent to an activating group) is 2. The van der Waals surface area contributed by atoms with Crippen LogP contribution in [0.15, 0.2) is 24.3 Å². The molecule has 0 aliphatic rings. The number of methoxy groups -OCH3 is 1. The Morgan fingerprint density at radius 3 is 2.42 bits per heavy atom. The molecule has 1 atom stereocenters. The smallest absolute Gasteiger partial charge is 0.255 e. The molecular weight excluding hydrogens is 330 g/mol. The van der Waals surface area contributed by atoms with Crippen molar-refractivity contribution in [2.45, 2.75) is 19.9 Å². The van der Waals surface area contributed by atoms with E-state index in [1.165, 1.54) is 7.11 Å². The van der Waals surface area contributed by atoms with Gasteiger partial charge in [-0.3, -0.25) is 9.59 Å². The standard InChI is InChI=1S/C17H27N3O3.ClH/c1-12(2)15(17(22)20(4)11-10-18-3)19-16(21)13-8-6-7-9-14(13)23-5;/h6-9,12,15,18H,10-11H2,1-5H3,(H,19,21);1H. The van der Waals surface area contributed by atoms with E-state index in [0.717, 1.165) is 0 Å². The molecule has 0 spiro atoms. The molecule has 0 aliphatic heterocycles. The van der Waals surface area contributed by atoms with Crippen LogP contribution in [0.3, 0.4) is 0 Å². The van der Waals surface area contributed by atoms with E-state index in [1.807, 2.05) is 20.9 Å². The Morgan fingerprint density at radius 1 is 1.25 bits per heavy atom. The molecule has 0 saturated carbocycles. The predicted octanol–water partition coefficient (Wildman–Crippen LogP) is 1.55. The zero-order chi connectivity index (χ0) is 17.4. The second-order valence-electron chi connectivity index (χ2n) is 5.76. The number of ether oxygens (including phenoxy) is 1. The average molecular weight is 358 g/mol. The van der Waals surface area contributed by atoms with Crippen molar-refractivity contribution in [2.24, 2.45) is 5.92 Å². The highest BCUT2D eigenvalue weighted by Gasteiger charge is 2.27. The van der Waals surface area contributed by atoms with E-state index in [4.69, 9.17) is 4.74 Å². The first-order chi connectivity index (χ1) is 10.9. The number of para-hydroxylation sites is 1. The molecule has 7 heteroatoms. The lowest BCUT2D eigenvalue weighted by molar-refractivity contribution is -0.132. The van der Waals surface area contributed by atoms with Crippen molar-refractivity contribution in [3.63, 3.8) is 0 Å². The van der Waals surface area contributed by atoms with Crippen LogP contribution in [-0.4, -0.2) is 57.1 Å². The van der Waals surface area contributed by atoms with Gasteiger partial charge in [0.05, 0.1) is 12.7 Å². The lowest BCUT2D eigenvalue weighted by Crippen LogP contribution is -2.51. The van der Waals surface area contributed by atoms with Crippen LogP contribution < -0.4 is 15.4 Å². The summed E-state index contributed by atoms with van der Waals surface area (Å²) in [5.41, 5.74) is 0.423. The number of amides is 2. The van der Waals surface area contributed by atoms with Crippen molar-refractivity contribution in [3.8, 4) is 5.75 Å². The number of carbonyl (C=O) groups excluding carboxylic acids is 2. The number of hydrogen-bond donors (Lipinski definition) is 2. The fraction of sp³-hybridized carbons (Fsp3) is 0.529. The van der Waals surface area contributed by atoms with Crippen molar-refractivity contribution < 1.29 is 14.3 Å². The fourth-order valence-corrected chi connectivity index (χ4v) is 2.19. The zero-order valence-corrected chi connectivity index (χ0v) is 15.8. The Labute approximate surface area is 150 Å². The highest BCUT2D eigenvalue weighted by molar-refractivity contribution is 5.99. The molecule has 0 bridgehead atoms. The summed E-state index contributed by atoms with van der Waals surface area (Å²) in [7, 11) is 5.09.